The molecule has 28 heavy (non-hydrogen) atoms. The highest BCUT2D eigenvalue weighted by Crippen LogP contribution is 2.29. The van der Waals surface area contributed by atoms with Gasteiger partial charge in [-0.25, -0.2) is 9.97 Å². The van der Waals surface area contributed by atoms with E-state index < -0.39 is 0 Å². The number of ether oxygens (including phenoxy) is 1. The van der Waals surface area contributed by atoms with Crippen molar-refractivity contribution in [1.82, 2.24) is 14.9 Å². The number of benzene rings is 1. The molecule has 1 aromatic heterocycles. The van der Waals surface area contributed by atoms with Crippen LogP contribution < -0.4 is 14.5 Å². The Hall–Kier alpha value is -2.34. The number of aromatic nitrogens is 2. The lowest BCUT2D eigenvalue weighted by Crippen LogP contribution is -2.47. The van der Waals surface area contributed by atoms with Crippen molar-refractivity contribution in [2.45, 2.75) is 26.8 Å². The van der Waals surface area contributed by atoms with Crippen LogP contribution in [0.15, 0.2) is 30.5 Å². The molecule has 150 valence electrons. The summed E-state index contributed by atoms with van der Waals surface area (Å²) in [4.78, 5) is 16.8. The van der Waals surface area contributed by atoms with Gasteiger partial charge in [0.05, 0.1) is 18.5 Å². The molecule has 1 fully saturated rings. The van der Waals surface area contributed by atoms with Crippen molar-refractivity contribution in [3.05, 3.63) is 41.7 Å². The molecule has 6 nitrogen and oxygen atoms in total. The Morgan fingerprint density at radius 3 is 2.54 bits per heavy atom. The van der Waals surface area contributed by atoms with E-state index in [9.17, 15) is 0 Å². The molecule has 0 N–H and O–H groups in total. The van der Waals surface area contributed by atoms with Gasteiger partial charge in [-0.15, -0.1) is 0 Å². The van der Waals surface area contributed by atoms with Crippen LogP contribution in [0.5, 0.6) is 5.75 Å². The quantitative estimate of drug-likeness (QED) is 0.794. The topological polar surface area (TPSA) is 44.7 Å². The molecule has 0 bridgehead atoms. The number of para-hydroxylation sites is 2. The molecular formula is C22H31N5O. The van der Waals surface area contributed by atoms with Crippen molar-refractivity contribution in [3.63, 3.8) is 0 Å². The third kappa shape index (κ3) is 4.07. The summed E-state index contributed by atoms with van der Waals surface area (Å²) in [5.41, 5.74) is 3.70. The Morgan fingerprint density at radius 2 is 1.79 bits per heavy atom. The molecule has 1 saturated heterocycles. The third-order valence-corrected chi connectivity index (χ3v) is 5.61. The number of hydrogen-bond donors (Lipinski definition) is 0. The fraction of sp³-hybridized carbons (Fsp3) is 0.545. The molecule has 0 saturated carbocycles. The predicted molar refractivity (Wildman–Crippen MR) is 113 cm³/mol. The minimum absolute atomic E-state index is 0.696. The van der Waals surface area contributed by atoms with E-state index in [1.165, 1.54) is 16.9 Å². The first-order valence-corrected chi connectivity index (χ1v) is 10.3. The van der Waals surface area contributed by atoms with Gasteiger partial charge in [-0.05, 0) is 18.1 Å². The predicted octanol–water partition coefficient (Wildman–Crippen LogP) is 2.83. The number of anilines is 2. The highest BCUT2D eigenvalue weighted by atomic mass is 16.5. The zero-order valence-electron chi connectivity index (χ0n) is 17.3. The average molecular weight is 382 g/mol. The lowest BCUT2D eigenvalue weighted by Gasteiger charge is -2.37. The molecule has 2 aliphatic heterocycles. The summed E-state index contributed by atoms with van der Waals surface area (Å²) in [6.07, 6.45) is 3.08. The fourth-order valence-corrected chi connectivity index (χ4v) is 4.23. The lowest BCUT2D eigenvalue weighted by atomic mass is 10.1. The van der Waals surface area contributed by atoms with Crippen LogP contribution in [0, 0.1) is 5.92 Å². The van der Waals surface area contributed by atoms with E-state index in [2.05, 4.69) is 46.9 Å². The van der Waals surface area contributed by atoms with Crippen molar-refractivity contribution in [1.29, 1.82) is 0 Å². The van der Waals surface area contributed by atoms with Crippen molar-refractivity contribution in [3.8, 4) is 5.75 Å². The summed E-state index contributed by atoms with van der Waals surface area (Å²) in [6.45, 7) is 11.5. The molecule has 6 heteroatoms. The SMILES string of the molecule is COc1ccccc1N1CCN(c2ncc3c(n2)CCN(CC(C)C)C3)CC1. The maximum absolute atomic E-state index is 5.52. The van der Waals surface area contributed by atoms with E-state index in [0.717, 1.165) is 63.9 Å². The number of fused-ring (bicyclic) bond motifs is 1. The van der Waals surface area contributed by atoms with E-state index >= 15 is 0 Å². The molecule has 0 amide bonds. The van der Waals surface area contributed by atoms with Gasteiger partial charge in [-0.2, -0.15) is 0 Å². The van der Waals surface area contributed by atoms with Crippen LogP contribution in [0.1, 0.15) is 25.1 Å². The van der Waals surface area contributed by atoms with Gasteiger partial charge in [-0.3, -0.25) is 4.90 Å². The second-order valence-electron chi connectivity index (χ2n) is 8.17. The van der Waals surface area contributed by atoms with Crippen LogP contribution in [0.25, 0.3) is 0 Å². The Morgan fingerprint density at radius 1 is 1.04 bits per heavy atom. The first-order valence-electron chi connectivity index (χ1n) is 10.3. The van der Waals surface area contributed by atoms with E-state index in [1.54, 1.807) is 7.11 Å². The molecule has 2 aromatic rings. The van der Waals surface area contributed by atoms with Gasteiger partial charge in [0, 0.05) is 64.0 Å². The molecule has 0 atom stereocenters. The molecule has 0 aliphatic carbocycles. The molecule has 0 spiro atoms. The molecule has 1 aromatic carbocycles. The van der Waals surface area contributed by atoms with Crippen LogP contribution >= 0.6 is 0 Å². The molecule has 0 radical (unpaired) electrons. The van der Waals surface area contributed by atoms with Gasteiger partial charge in [0.15, 0.2) is 0 Å². The second-order valence-corrected chi connectivity index (χ2v) is 8.17. The highest BCUT2D eigenvalue weighted by molar-refractivity contribution is 5.59. The number of hydrogen-bond acceptors (Lipinski definition) is 6. The zero-order chi connectivity index (χ0) is 19.5. The summed E-state index contributed by atoms with van der Waals surface area (Å²) in [5, 5.41) is 0. The highest BCUT2D eigenvalue weighted by Gasteiger charge is 2.24. The van der Waals surface area contributed by atoms with Gasteiger partial charge in [0.2, 0.25) is 5.95 Å². The maximum atomic E-state index is 5.52. The Bertz CT molecular complexity index is 801. The molecule has 2 aliphatic rings. The second kappa shape index (κ2) is 8.35. The number of rotatable bonds is 5. The number of nitrogens with zero attached hydrogens (tertiary/aromatic N) is 5. The van der Waals surface area contributed by atoms with Crippen molar-refractivity contribution >= 4 is 11.6 Å². The van der Waals surface area contributed by atoms with Gasteiger partial charge in [0.25, 0.3) is 0 Å². The Kier molecular flexibility index (Phi) is 5.67. The normalized spacial score (nSPS) is 17.7. The van der Waals surface area contributed by atoms with Crippen LogP contribution in [0.4, 0.5) is 11.6 Å². The van der Waals surface area contributed by atoms with Gasteiger partial charge < -0.3 is 14.5 Å². The van der Waals surface area contributed by atoms with Crippen LogP contribution in [-0.2, 0) is 13.0 Å². The number of methoxy groups -OCH3 is 1. The maximum Gasteiger partial charge on any atom is 0.225 e. The Balaban J connectivity index is 1.40. The van der Waals surface area contributed by atoms with Crippen molar-refractivity contribution < 1.29 is 4.74 Å². The smallest absolute Gasteiger partial charge is 0.225 e. The van der Waals surface area contributed by atoms with Crippen LogP contribution in [-0.4, -0.2) is 61.2 Å². The summed E-state index contributed by atoms with van der Waals surface area (Å²) >= 11 is 0. The summed E-state index contributed by atoms with van der Waals surface area (Å²) in [6, 6.07) is 8.24. The molecule has 4 rings (SSSR count). The zero-order valence-corrected chi connectivity index (χ0v) is 17.3. The standard InChI is InChI=1S/C22H31N5O/c1-17(2)15-25-9-8-19-18(16-25)14-23-22(24-19)27-12-10-26(11-13-27)20-6-4-5-7-21(20)28-3/h4-7,14,17H,8-13,15-16H2,1-3H3. The monoisotopic (exact) mass is 381 g/mol. The van der Waals surface area contributed by atoms with Crippen molar-refractivity contribution in [2.75, 3.05) is 56.2 Å². The van der Waals surface area contributed by atoms with Gasteiger partial charge in [-0.1, -0.05) is 26.0 Å². The summed E-state index contributed by atoms with van der Waals surface area (Å²) in [7, 11) is 1.73. The lowest BCUT2D eigenvalue weighted by molar-refractivity contribution is 0.224. The summed E-state index contributed by atoms with van der Waals surface area (Å²) in [5.74, 6) is 2.52. The fourth-order valence-electron chi connectivity index (χ4n) is 4.23. The largest absolute Gasteiger partial charge is 0.495 e. The van der Waals surface area contributed by atoms with Crippen LogP contribution in [0.2, 0.25) is 0 Å². The van der Waals surface area contributed by atoms with E-state index in [-0.39, 0.29) is 0 Å². The van der Waals surface area contributed by atoms with E-state index in [1.807, 2.05) is 12.1 Å². The van der Waals surface area contributed by atoms with Crippen molar-refractivity contribution in [2.24, 2.45) is 5.92 Å². The van der Waals surface area contributed by atoms with Gasteiger partial charge in [0.1, 0.15) is 5.75 Å². The third-order valence-electron chi connectivity index (χ3n) is 5.61. The van der Waals surface area contributed by atoms with E-state index in [0.29, 0.717) is 5.92 Å². The number of piperazine rings is 1. The first kappa shape index (κ1) is 19.0. The molecule has 0 unspecified atom stereocenters. The van der Waals surface area contributed by atoms with E-state index in [4.69, 9.17) is 14.7 Å². The average Bonchev–Trinajstić information content (AvgIpc) is 2.73. The Labute approximate surface area is 168 Å². The van der Waals surface area contributed by atoms with Gasteiger partial charge >= 0.3 is 0 Å². The summed E-state index contributed by atoms with van der Waals surface area (Å²) < 4.78 is 5.52. The van der Waals surface area contributed by atoms with Crippen LogP contribution in [0.3, 0.4) is 0 Å². The molecular weight excluding hydrogens is 350 g/mol. The minimum atomic E-state index is 0.696. The first-order chi connectivity index (χ1) is 13.6. The minimum Gasteiger partial charge on any atom is -0.495 e. The molecule has 3 heterocycles.